The predicted octanol–water partition coefficient (Wildman–Crippen LogP) is 4.35. The van der Waals surface area contributed by atoms with Gasteiger partial charge in [0.1, 0.15) is 0 Å². The standard InChI is InChI=1S/C16H18OS/c1-4-14-7-8-16(18-14)15(17)10-13-6-5-11(2)12(3)9-13/h5-9H,4,10H2,1-3H3. The molecule has 0 fully saturated rings. The van der Waals surface area contributed by atoms with Gasteiger partial charge in [-0.05, 0) is 49.1 Å². The van der Waals surface area contributed by atoms with Crippen molar-refractivity contribution in [3.05, 3.63) is 56.8 Å². The number of carbonyl (C=O) groups excluding carboxylic acids is 1. The fourth-order valence-corrected chi connectivity index (χ4v) is 2.79. The highest BCUT2D eigenvalue weighted by Gasteiger charge is 2.10. The van der Waals surface area contributed by atoms with Gasteiger partial charge in [0, 0.05) is 11.3 Å². The molecule has 1 heterocycles. The summed E-state index contributed by atoms with van der Waals surface area (Å²) < 4.78 is 0. The molecule has 2 heteroatoms. The zero-order chi connectivity index (χ0) is 13.1. The minimum absolute atomic E-state index is 0.225. The smallest absolute Gasteiger partial charge is 0.177 e. The van der Waals surface area contributed by atoms with E-state index >= 15 is 0 Å². The quantitative estimate of drug-likeness (QED) is 0.745. The zero-order valence-corrected chi connectivity index (χ0v) is 11.9. The predicted molar refractivity (Wildman–Crippen MR) is 77.6 cm³/mol. The average Bonchev–Trinajstić information content (AvgIpc) is 2.82. The fourth-order valence-electron chi connectivity index (χ4n) is 1.90. The fraction of sp³-hybridized carbons (Fsp3) is 0.312. The summed E-state index contributed by atoms with van der Waals surface area (Å²) in [5.74, 6) is 0.225. The molecule has 0 atom stereocenters. The summed E-state index contributed by atoms with van der Waals surface area (Å²) in [6.07, 6.45) is 1.51. The Morgan fingerprint density at radius 1 is 1.11 bits per heavy atom. The summed E-state index contributed by atoms with van der Waals surface area (Å²) in [5.41, 5.74) is 3.63. The van der Waals surface area contributed by atoms with Gasteiger partial charge in [-0.15, -0.1) is 11.3 Å². The van der Waals surface area contributed by atoms with Crippen LogP contribution in [-0.4, -0.2) is 5.78 Å². The maximum Gasteiger partial charge on any atom is 0.177 e. The molecular formula is C16H18OS. The van der Waals surface area contributed by atoms with Crippen LogP contribution in [0.3, 0.4) is 0 Å². The van der Waals surface area contributed by atoms with E-state index < -0.39 is 0 Å². The molecule has 1 nitrogen and oxygen atoms in total. The Kier molecular flexibility index (Phi) is 3.97. The molecule has 0 aliphatic carbocycles. The number of hydrogen-bond donors (Lipinski definition) is 0. The molecule has 94 valence electrons. The third-order valence-corrected chi connectivity index (χ3v) is 4.49. The summed E-state index contributed by atoms with van der Waals surface area (Å²) in [5, 5.41) is 0. The highest BCUT2D eigenvalue weighted by Crippen LogP contribution is 2.19. The van der Waals surface area contributed by atoms with E-state index in [4.69, 9.17) is 0 Å². The molecule has 2 rings (SSSR count). The molecule has 0 saturated carbocycles. The Morgan fingerprint density at radius 3 is 2.50 bits per heavy atom. The lowest BCUT2D eigenvalue weighted by atomic mass is 10.0. The van der Waals surface area contributed by atoms with Crippen LogP contribution in [0.1, 0.15) is 38.2 Å². The summed E-state index contributed by atoms with van der Waals surface area (Å²) >= 11 is 1.62. The van der Waals surface area contributed by atoms with Gasteiger partial charge < -0.3 is 0 Å². The molecule has 0 unspecified atom stereocenters. The van der Waals surface area contributed by atoms with Crippen LogP contribution >= 0.6 is 11.3 Å². The molecule has 1 aromatic carbocycles. The van der Waals surface area contributed by atoms with Crippen molar-refractivity contribution in [3.8, 4) is 0 Å². The molecule has 0 spiro atoms. The number of hydrogen-bond acceptors (Lipinski definition) is 2. The molecule has 18 heavy (non-hydrogen) atoms. The third-order valence-electron chi connectivity index (χ3n) is 3.22. The Hall–Kier alpha value is -1.41. The summed E-state index contributed by atoms with van der Waals surface area (Å²) in [4.78, 5) is 14.3. The van der Waals surface area contributed by atoms with Gasteiger partial charge in [0.05, 0.1) is 4.88 Å². The summed E-state index contributed by atoms with van der Waals surface area (Å²) in [6.45, 7) is 6.29. The van der Waals surface area contributed by atoms with Crippen molar-refractivity contribution in [2.45, 2.75) is 33.6 Å². The van der Waals surface area contributed by atoms with Crippen LogP contribution in [0.4, 0.5) is 0 Å². The second-order valence-corrected chi connectivity index (χ2v) is 5.81. The van der Waals surface area contributed by atoms with E-state index in [2.05, 4.69) is 45.0 Å². The maximum absolute atomic E-state index is 12.1. The Bertz CT molecular complexity index is 566. The van der Waals surface area contributed by atoms with E-state index in [0.717, 1.165) is 16.9 Å². The van der Waals surface area contributed by atoms with Gasteiger partial charge in [-0.1, -0.05) is 25.1 Å². The zero-order valence-electron chi connectivity index (χ0n) is 11.1. The van der Waals surface area contributed by atoms with Crippen LogP contribution in [0.15, 0.2) is 30.3 Å². The van der Waals surface area contributed by atoms with Crippen LogP contribution in [0.2, 0.25) is 0 Å². The van der Waals surface area contributed by atoms with E-state index in [1.807, 2.05) is 6.07 Å². The number of Topliss-reactive ketones (excluding diaryl/α,β-unsaturated/α-hetero) is 1. The van der Waals surface area contributed by atoms with E-state index in [9.17, 15) is 4.79 Å². The summed E-state index contributed by atoms with van der Waals surface area (Å²) in [6, 6.07) is 10.3. The molecule has 0 saturated heterocycles. The number of rotatable bonds is 4. The van der Waals surface area contributed by atoms with Crippen LogP contribution < -0.4 is 0 Å². The van der Waals surface area contributed by atoms with Gasteiger partial charge in [0.2, 0.25) is 0 Å². The molecule has 0 N–H and O–H groups in total. The van der Waals surface area contributed by atoms with Crippen LogP contribution in [0, 0.1) is 13.8 Å². The monoisotopic (exact) mass is 258 g/mol. The number of ketones is 1. The first-order valence-corrected chi connectivity index (χ1v) is 7.10. The molecule has 0 amide bonds. The summed E-state index contributed by atoms with van der Waals surface area (Å²) in [7, 11) is 0. The van der Waals surface area contributed by atoms with E-state index in [-0.39, 0.29) is 5.78 Å². The van der Waals surface area contributed by atoms with Gasteiger partial charge in [-0.3, -0.25) is 4.79 Å². The lowest BCUT2D eigenvalue weighted by Gasteiger charge is -2.04. The Labute approximate surface area is 112 Å². The highest BCUT2D eigenvalue weighted by molar-refractivity contribution is 7.14. The van der Waals surface area contributed by atoms with Crippen LogP contribution in [-0.2, 0) is 12.8 Å². The van der Waals surface area contributed by atoms with Gasteiger partial charge in [0.25, 0.3) is 0 Å². The average molecular weight is 258 g/mol. The van der Waals surface area contributed by atoms with Gasteiger partial charge >= 0.3 is 0 Å². The molecule has 0 radical (unpaired) electrons. The maximum atomic E-state index is 12.1. The van der Waals surface area contributed by atoms with Gasteiger partial charge in [-0.25, -0.2) is 0 Å². The van der Waals surface area contributed by atoms with Crippen molar-refractivity contribution >= 4 is 17.1 Å². The lowest BCUT2D eigenvalue weighted by molar-refractivity contribution is 0.0997. The van der Waals surface area contributed by atoms with Gasteiger partial charge in [0.15, 0.2) is 5.78 Å². The molecule has 1 aromatic heterocycles. The number of benzene rings is 1. The molecular weight excluding hydrogens is 240 g/mol. The minimum Gasteiger partial charge on any atom is -0.293 e. The first-order valence-electron chi connectivity index (χ1n) is 6.28. The van der Waals surface area contributed by atoms with Crippen molar-refractivity contribution in [2.24, 2.45) is 0 Å². The second-order valence-electron chi connectivity index (χ2n) is 4.64. The molecule has 0 bridgehead atoms. The van der Waals surface area contributed by atoms with Crippen molar-refractivity contribution in [3.63, 3.8) is 0 Å². The van der Waals surface area contributed by atoms with Crippen LogP contribution in [0.5, 0.6) is 0 Å². The SMILES string of the molecule is CCc1ccc(C(=O)Cc2ccc(C)c(C)c2)s1. The van der Waals surface area contributed by atoms with Crippen molar-refractivity contribution in [2.75, 3.05) is 0 Å². The van der Waals surface area contributed by atoms with Crippen molar-refractivity contribution < 1.29 is 4.79 Å². The van der Waals surface area contributed by atoms with Gasteiger partial charge in [-0.2, -0.15) is 0 Å². The Balaban J connectivity index is 2.13. The minimum atomic E-state index is 0.225. The van der Waals surface area contributed by atoms with Crippen LogP contribution in [0.25, 0.3) is 0 Å². The topological polar surface area (TPSA) is 17.1 Å². The number of carbonyl (C=O) groups is 1. The molecule has 2 aromatic rings. The van der Waals surface area contributed by atoms with E-state index in [1.165, 1.54) is 16.0 Å². The molecule has 0 aliphatic heterocycles. The Morgan fingerprint density at radius 2 is 1.89 bits per heavy atom. The second kappa shape index (κ2) is 5.49. The highest BCUT2D eigenvalue weighted by atomic mass is 32.1. The first-order chi connectivity index (χ1) is 8.60. The van der Waals surface area contributed by atoms with Crippen molar-refractivity contribution in [1.82, 2.24) is 0 Å². The number of aryl methyl sites for hydroxylation is 3. The third kappa shape index (κ3) is 2.88. The largest absolute Gasteiger partial charge is 0.293 e. The van der Waals surface area contributed by atoms with E-state index in [0.29, 0.717) is 6.42 Å². The van der Waals surface area contributed by atoms with Crippen molar-refractivity contribution in [1.29, 1.82) is 0 Å². The normalized spacial score (nSPS) is 10.6. The molecule has 0 aliphatic rings. The van der Waals surface area contributed by atoms with E-state index in [1.54, 1.807) is 11.3 Å². The first kappa shape index (κ1) is 13.0. The number of thiophene rings is 1. The lowest BCUT2D eigenvalue weighted by Crippen LogP contribution is -2.01.